The third kappa shape index (κ3) is 1.78. The van der Waals surface area contributed by atoms with Gasteiger partial charge in [-0.25, -0.2) is 0 Å². The number of fused-ring (bicyclic) bond motifs is 1. The van der Waals surface area contributed by atoms with Crippen molar-refractivity contribution in [2.45, 2.75) is 6.92 Å². The van der Waals surface area contributed by atoms with E-state index in [0.29, 0.717) is 0 Å². The molecule has 15 heavy (non-hydrogen) atoms. The fourth-order valence-electron chi connectivity index (χ4n) is 1.55. The summed E-state index contributed by atoms with van der Waals surface area (Å²) in [5, 5.41) is 8.67. The molecule has 1 heterocycles. The second-order valence-electron chi connectivity index (χ2n) is 3.43. The van der Waals surface area contributed by atoms with Gasteiger partial charge in [-0.05, 0) is 37.3 Å². The lowest BCUT2D eigenvalue weighted by Crippen LogP contribution is -2.18. The van der Waals surface area contributed by atoms with E-state index in [1.165, 1.54) is 0 Å². The van der Waals surface area contributed by atoms with Gasteiger partial charge < -0.3 is 11.1 Å². The van der Waals surface area contributed by atoms with Crippen molar-refractivity contribution in [3.8, 4) is 0 Å². The Morgan fingerprint density at radius 1 is 1.53 bits per heavy atom. The van der Waals surface area contributed by atoms with Gasteiger partial charge in [-0.3, -0.25) is 4.68 Å². The van der Waals surface area contributed by atoms with Crippen LogP contribution >= 0.6 is 12.2 Å². The van der Waals surface area contributed by atoms with Gasteiger partial charge >= 0.3 is 0 Å². The van der Waals surface area contributed by atoms with E-state index in [0.717, 1.165) is 22.3 Å². The highest BCUT2D eigenvalue weighted by atomic mass is 32.1. The van der Waals surface area contributed by atoms with Crippen LogP contribution < -0.4 is 11.1 Å². The molecule has 0 aliphatic carbocycles. The highest BCUT2D eigenvalue weighted by molar-refractivity contribution is 7.80. The minimum atomic E-state index is 0.266. The summed E-state index contributed by atoms with van der Waals surface area (Å²) in [6.45, 7) is 2.04. The van der Waals surface area contributed by atoms with Gasteiger partial charge in [0.2, 0.25) is 0 Å². The molecule has 3 N–H and O–H groups in total. The fourth-order valence-corrected chi connectivity index (χ4v) is 1.67. The molecule has 0 radical (unpaired) electrons. The standard InChI is InChI=1S/C10H12N4S/c1-6-8-4-3-7(12-10(11)15)5-9(8)13-14(6)2/h3-5H,1-2H3,(H3,11,12,15). The summed E-state index contributed by atoms with van der Waals surface area (Å²) in [5.74, 6) is 0. The molecule has 0 aliphatic rings. The van der Waals surface area contributed by atoms with Crippen molar-refractivity contribution < 1.29 is 0 Å². The number of anilines is 1. The van der Waals surface area contributed by atoms with Crippen LogP contribution in [0.3, 0.4) is 0 Å². The lowest BCUT2D eigenvalue weighted by molar-refractivity contribution is 0.751. The minimum Gasteiger partial charge on any atom is -0.376 e. The summed E-state index contributed by atoms with van der Waals surface area (Å²) in [4.78, 5) is 0. The Balaban J connectivity index is 2.52. The highest BCUT2D eigenvalue weighted by Crippen LogP contribution is 2.20. The van der Waals surface area contributed by atoms with Crippen molar-refractivity contribution >= 4 is 33.9 Å². The van der Waals surface area contributed by atoms with Gasteiger partial charge in [0.05, 0.1) is 5.52 Å². The molecule has 5 heteroatoms. The summed E-state index contributed by atoms with van der Waals surface area (Å²) in [6, 6.07) is 5.88. The Hall–Kier alpha value is -1.62. The predicted molar refractivity (Wildman–Crippen MR) is 65.9 cm³/mol. The fraction of sp³-hybridized carbons (Fsp3) is 0.200. The zero-order chi connectivity index (χ0) is 11.0. The van der Waals surface area contributed by atoms with Crippen molar-refractivity contribution in [2.75, 3.05) is 5.32 Å². The molecular weight excluding hydrogens is 208 g/mol. The number of nitrogens with two attached hydrogens (primary N) is 1. The van der Waals surface area contributed by atoms with Crippen molar-refractivity contribution in [2.24, 2.45) is 12.8 Å². The zero-order valence-corrected chi connectivity index (χ0v) is 9.43. The van der Waals surface area contributed by atoms with Crippen molar-refractivity contribution in [1.82, 2.24) is 9.78 Å². The third-order valence-corrected chi connectivity index (χ3v) is 2.50. The van der Waals surface area contributed by atoms with E-state index in [-0.39, 0.29) is 5.11 Å². The van der Waals surface area contributed by atoms with Crippen LogP contribution in [0.1, 0.15) is 5.69 Å². The van der Waals surface area contributed by atoms with E-state index in [4.69, 9.17) is 18.0 Å². The van der Waals surface area contributed by atoms with Gasteiger partial charge in [-0.15, -0.1) is 0 Å². The average molecular weight is 220 g/mol. The predicted octanol–water partition coefficient (Wildman–Crippen LogP) is 1.54. The number of nitrogens with one attached hydrogen (secondary N) is 1. The van der Waals surface area contributed by atoms with E-state index in [2.05, 4.69) is 10.4 Å². The topological polar surface area (TPSA) is 55.9 Å². The van der Waals surface area contributed by atoms with Gasteiger partial charge in [0.25, 0.3) is 0 Å². The number of hydrogen-bond donors (Lipinski definition) is 2. The highest BCUT2D eigenvalue weighted by Gasteiger charge is 2.05. The second kappa shape index (κ2) is 3.51. The molecule has 1 aromatic heterocycles. The summed E-state index contributed by atoms with van der Waals surface area (Å²) in [5.41, 5.74) is 8.35. The SMILES string of the molecule is Cc1c2ccc(NC(N)=S)cc2nn1C. The molecule has 0 saturated heterocycles. The van der Waals surface area contributed by atoms with Crippen LogP contribution in [0.4, 0.5) is 5.69 Å². The lowest BCUT2D eigenvalue weighted by atomic mass is 10.2. The molecule has 2 aromatic rings. The van der Waals surface area contributed by atoms with Crippen LogP contribution in [0.2, 0.25) is 0 Å². The Bertz CT molecular complexity index is 529. The first-order valence-electron chi connectivity index (χ1n) is 4.58. The summed E-state index contributed by atoms with van der Waals surface area (Å²) < 4.78 is 1.86. The summed E-state index contributed by atoms with van der Waals surface area (Å²) >= 11 is 4.77. The molecule has 4 nitrogen and oxygen atoms in total. The molecule has 0 aliphatic heterocycles. The number of hydrogen-bond acceptors (Lipinski definition) is 2. The van der Waals surface area contributed by atoms with E-state index >= 15 is 0 Å². The molecule has 78 valence electrons. The van der Waals surface area contributed by atoms with Crippen LogP contribution in [-0.2, 0) is 7.05 Å². The Morgan fingerprint density at radius 3 is 2.93 bits per heavy atom. The number of aryl methyl sites for hydroxylation is 2. The quantitative estimate of drug-likeness (QED) is 0.716. The van der Waals surface area contributed by atoms with Gasteiger partial charge in [0.1, 0.15) is 0 Å². The molecule has 0 fully saturated rings. The normalized spacial score (nSPS) is 10.5. The molecule has 0 amide bonds. The van der Waals surface area contributed by atoms with Gasteiger partial charge in [-0.1, -0.05) is 0 Å². The number of benzene rings is 1. The second-order valence-corrected chi connectivity index (χ2v) is 3.87. The van der Waals surface area contributed by atoms with E-state index < -0.39 is 0 Å². The number of aromatic nitrogens is 2. The Labute approximate surface area is 93.1 Å². The smallest absolute Gasteiger partial charge is 0.168 e. The van der Waals surface area contributed by atoms with Gasteiger partial charge in [-0.2, -0.15) is 5.10 Å². The molecule has 0 atom stereocenters. The number of nitrogens with zero attached hydrogens (tertiary/aromatic N) is 2. The zero-order valence-electron chi connectivity index (χ0n) is 8.61. The maximum atomic E-state index is 5.40. The van der Waals surface area contributed by atoms with E-state index in [1.54, 1.807) is 0 Å². The number of rotatable bonds is 1. The van der Waals surface area contributed by atoms with Crippen LogP contribution in [0.15, 0.2) is 18.2 Å². The van der Waals surface area contributed by atoms with E-state index in [1.807, 2.05) is 36.9 Å². The molecule has 1 aromatic carbocycles. The first-order valence-corrected chi connectivity index (χ1v) is 4.98. The Kier molecular flexibility index (Phi) is 2.32. The molecule has 0 unspecified atom stereocenters. The molecule has 0 bridgehead atoms. The third-order valence-electron chi connectivity index (χ3n) is 2.40. The molecule has 0 spiro atoms. The monoisotopic (exact) mass is 220 g/mol. The minimum absolute atomic E-state index is 0.266. The van der Waals surface area contributed by atoms with Crippen LogP contribution in [0.5, 0.6) is 0 Å². The molecule has 2 rings (SSSR count). The molecular formula is C10H12N4S. The summed E-state index contributed by atoms with van der Waals surface area (Å²) in [7, 11) is 1.93. The summed E-state index contributed by atoms with van der Waals surface area (Å²) in [6.07, 6.45) is 0. The van der Waals surface area contributed by atoms with Gasteiger partial charge in [0, 0.05) is 23.8 Å². The van der Waals surface area contributed by atoms with Gasteiger partial charge in [0.15, 0.2) is 5.11 Å². The largest absolute Gasteiger partial charge is 0.376 e. The average Bonchev–Trinajstić information content (AvgIpc) is 2.41. The van der Waals surface area contributed by atoms with Crippen molar-refractivity contribution in [3.63, 3.8) is 0 Å². The van der Waals surface area contributed by atoms with Crippen LogP contribution in [0.25, 0.3) is 10.9 Å². The maximum absolute atomic E-state index is 5.40. The lowest BCUT2D eigenvalue weighted by Gasteiger charge is -2.02. The Morgan fingerprint density at radius 2 is 2.27 bits per heavy atom. The maximum Gasteiger partial charge on any atom is 0.168 e. The first kappa shape index (κ1) is 9.92. The van der Waals surface area contributed by atoms with E-state index in [9.17, 15) is 0 Å². The van der Waals surface area contributed by atoms with Crippen LogP contribution in [0, 0.1) is 6.92 Å². The first-order chi connectivity index (χ1) is 7.08. The molecule has 0 saturated carbocycles. The van der Waals surface area contributed by atoms with Crippen molar-refractivity contribution in [1.29, 1.82) is 0 Å². The van der Waals surface area contributed by atoms with Crippen LogP contribution in [-0.4, -0.2) is 14.9 Å². The van der Waals surface area contributed by atoms with Crippen molar-refractivity contribution in [3.05, 3.63) is 23.9 Å². The number of thiocarbonyl (C=S) groups is 1.